The highest BCUT2D eigenvalue weighted by Crippen LogP contribution is 2.26. The zero-order valence-electron chi connectivity index (χ0n) is 12.1. The van der Waals surface area contributed by atoms with Crippen molar-refractivity contribution in [2.45, 2.75) is 0 Å². The molecule has 0 unspecified atom stereocenters. The number of fused-ring (bicyclic) bond motifs is 4. The Morgan fingerprint density at radius 2 is 1.14 bits per heavy atom. The van der Waals surface area contributed by atoms with Gasteiger partial charge in [0.2, 0.25) is 0 Å². The van der Waals surface area contributed by atoms with Crippen LogP contribution in [-0.2, 0) is 0 Å². The molecule has 0 aromatic heterocycles. The van der Waals surface area contributed by atoms with E-state index >= 15 is 0 Å². The molecule has 1 heterocycles. The van der Waals surface area contributed by atoms with Gasteiger partial charge in [-0.25, -0.2) is 0 Å². The van der Waals surface area contributed by atoms with Gasteiger partial charge in [0, 0.05) is 12.7 Å². The molecular formula is C21H15N. The van der Waals surface area contributed by atoms with Crippen LogP contribution in [0.3, 0.4) is 0 Å². The van der Waals surface area contributed by atoms with Crippen LogP contribution in [0.15, 0.2) is 60.7 Å². The van der Waals surface area contributed by atoms with Gasteiger partial charge in [-0.1, -0.05) is 30.3 Å². The van der Waals surface area contributed by atoms with E-state index in [2.05, 4.69) is 78.3 Å². The first-order valence-electron chi connectivity index (χ1n) is 7.67. The maximum Gasteiger partial charge on any atom is 0.0334 e. The summed E-state index contributed by atoms with van der Waals surface area (Å²) >= 11 is 0. The van der Waals surface area contributed by atoms with Crippen LogP contribution in [0.25, 0.3) is 44.6 Å². The molecule has 0 saturated carbocycles. The predicted molar refractivity (Wildman–Crippen MR) is 95.1 cm³/mol. The van der Waals surface area contributed by atoms with E-state index in [0.29, 0.717) is 0 Å². The molecule has 1 nitrogen and oxygen atoms in total. The quantitative estimate of drug-likeness (QED) is 0.488. The largest absolute Gasteiger partial charge is 0.387 e. The van der Waals surface area contributed by atoms with Gasteiger partial charge in [-0.05, 0) is 79.2 Å². The van der Waals surface area contributed by atoms with Gasteiger partial charge in [0.25, 0.3) is 0 Å². The van der Waals surface area contributed by atoms with Gasteiger partial charge in [0.15, 0.2) is 0 Å². The van der Waals surface area contributed by atoms with E-state index in [1.54, 1.807) is 0 Å². The number of nitrogens with one attached hydrogen (secondary N) is 1. The van der Waals surface area contributed by atoms with Crippen molar-refractivity contribution in [3.8, 4) is 0 Å². The van der Waals surface area contributed by atoms with Crippen LogP contribution in [0.1, 0.15) is 0 Å². The zero-order chi connectivity index (χ0) is 14.5. The minimum Gasteiger partial charge on any atom is -0.387 e. The lowest BCUT2D eigenvalue weighted by molar-refractivity contribution is 1.05. The van der Waals surface area contributed by atoms with Crippen molar-refractivity contribution in [1.29, 1.82) is 0 Å². The van der Waals surface area contributed by atoms with Crippen molar-refractivity contribution in [3.05, 3.63) is 71.1 Å². The van der Waals surface area contributed by atoms with E-state index in [4.69, 9.17) is 0 Å². The molecule has 0 aliphatic carbocycles. The standard InChI is InChI=1S/C21H15N/c1-2-4-15-8-18-11-20-12-21-13-22-6-5-16(21)9-19(20)10-17(18)7-14(15)3-1/h1-5,7-13,22H,6H2. The van der Waals surface area contributed by atoms with E-state index in [9.17, 15) is 0 Å². The van der Waals surface area contributed by atoms with Crippen molar-refractivity contribution in [3.63, 3.8) is 0 Å². The fraction of sp³-hybridized carbons (Fsp3) is 0.0476. The third-order valence-corrected chi connectivity index (χ3v) is 4.56. The van der Waals surface area contributed by atoms with E-state index in [1.807, 2.05) is 0 Å². The summed E-state index contributed by atoms with van der Waals surface area (Å²) in [5.74, 6) is 0. The molecule has 0 spiro atoms. The first kappa shape index (κ1) is 11.8. The summed E-state index contributed by atoms with van der Waals surface area (Å²) in [7, 11) is 0. The van der Waals surface area contributed by atoms with Crippen molar-refractivity contribution in [2.24, 2.45) is 0 Å². The molecule has 104 valence electrons. The number of hydrogen-bond acceptors (Lipinski definition) is 1. The summed E-state index contributed by atoms with van der Waals surface area (Å²) < 4.78 is 0. The van der Waals surface area contributed by atoms with Gasteiger partial charge >= 0.3 is 0 Å². The van der Waals surface area contributed by atoms with Crippen molar-refractivity contribution < 1.29 is 0 Å². The minimum atomic E-state index is 0.913. The summed E-state index contributed by atoms with van der Waals surface area (Å²) in [5.41, 5.74) is 0. The third kappa shape index (κ3) is 1.72. The fourth-order valence-corrected chi connectivity index (χ4v) is 3.42. The summed E-state index contributed by atoms with van der Waals surface area (Å²) in [6.07, 6.45) is 4.36. The van der Waals surface area contributed by atoms with Crippen molar-refractivity contribution in [2.75, 3.05) is 6.54 Å². The maximum atomic E-state index is 3.29. The van der Waals surface area contributed by atoms with Crippen LogP contribution in [0.5, 0.6) is 0 Å². The minimum absolute atomic E-state index is 0.913. The van der Waals surface area contributed by atoms with Crippen LogP contribution in [0.2, 0.25) is 0 Å². The molecule has 5 rings (SSSR count). The van der Waals surface area contributed by atoms with Gasteiger partial charge in [-0.3, -0.25) is 0 Å². The molecule has 4 aromatic rings. The monoisotopic (exact) mass is 281 g/mol. The highest BCUT2D eigenvalue weighted by molar-refractivity contribution is 6.04. The molecule has 22 heavy (non-hydrogen) atoms. The lowest BCUT2D eigenvalue weighted by atomic mass is 9.98. The first-order chi connectivity index (χ1) is 10.9. The van der Waals surface area contributed by atoms with E-state index in [0.717, 1.165) is 6.54 Å². The summed E-state index contributed by atoms with van der Waals surface area (Å²) in [6, 6.07) is 22.3. The van der Waals surface area contributed by atoms with Crippen LogP contribution in [-0.4, -0.2) is 6.54 Å². The van der Waals surface area contributed by atoms with Gasteiger partial charge in [-0.15, -0.1) is 0 Å². The Morgan fingerprint density at radius 3 is 1.82 bits per heavy atom. The smallest absolute Gasteiger partial charge is 0.0334 e. The summed E-state index contributed by atoms with van der Waals surface area (Å²) in [4.78, 5) is 0. The Labute approximate surface area is 128 Å². The Hall–Kier alpha value is -2.80. The second-order valence-corrected chi connectivity index (χ2v) is 5.98. The average molecular weight is 281 g/mol. The number of rotatable bonds is 0. The van der Waals surface area contributed by atoms with Gasteiger partial charge < -0.3 is 5.32 Å². The lowest BCUT2D eigenvalue weighted by Gasteiger charge is -2.08. The molecule has 0 fully saturated rings. The second-order valence-electron chi connectivity index (χ2n) is 5.98. The predicted octanol–water partition coefficient (Wildman–Crippen LogP) is 3.27. The molecule has 1 heteroatoms. The molecule has 1 N–H and O–H groups in total. The van der Waals surface area contributed by atoms with Crippen molar-refractivity contribution >= 4 is 44.6 Å². The van der Waals surface area contributed by atoms with Crippen molar-refractivity contribution in [1.82, 2.24) is 5.32 Å². The molecule has 4 aromatic carbocycles. The first-order valence-corrected chi connectivity index (χ1v) is 7.67. The number of hydrogen-bond donors (Lipinski definition) is 1. The molecular weight excluding hydrogens is 266 g/mol. The van der Waals surface area contributed by atoms with Gasteiger partial charge in [0.05, 0.1) is 0 Å². The third-order valence-electron chi connectivity index (χ3n) is 4.56. The molecule has 1 aliphatic heterocycles. The average Bonchev–Trinajstić information content (AvgIpc) is 2.56. The van der Waals surface area contributed by atoms with Gasteiger partial charge in [0.1, 0.15) is 0 Å². The number of benzene rings is 4. The van der Waals surface area contributed by atoms with E-state index in [1.165, 1.54) is 42.8 Å². The van der Waals surface area contributed by atoms with Crippen LogP contribution >= 0.6 is 0 Å². The molecule has 0 atom stereocenters. The highest BCUT2D eigenvalue weighted by Gasteiger charge is 2.02. The Morgan fingerprint density at radius 1 is 0.591 bits per heavy atom. The molecule has 0 bridgehead atoms. The van der Waals surface area contributed by atoms with Gasteiger partial charge in [-0.2, -0.15) is 0 Å². The lowest BCUT2D eigenvalue weighted by Crippen LogP contribution is -2.32. The summed E-state index contributed by atoms with van der Waals surface area (Å²) in [6.45, 7) is 0.913. The van der Waals surface area contributed by atoms with E-state index in [-0.39, 0.29) is 0 Å². The Bertz CT molecular complexity index is 1080. The second kappa shape index (κ2) is 4.35. The molecule has 0 radical (unpaired) electrons. The highest BCUT2D eigenvalue weighted by atomic mass is 14.8. The Balaban J connectivity index is 1.93. The zero-order valence-corrected chi connectivity index (χ0v) is 12.1. The van der Waals surface area contributed by atoms with Crippen LogP contribution in [0, 0.1) is 0 Å². The molecule has 0 saturated heterocycles. The normalized spacial score (nSPS) is 13.5. The van der Waals surface area contributed by atoms with Crippen LogP contribution < -0.4 is 15.8 Å². The maximum absolute atomic E-state index is 3.29. The molecule has 1 aliphatic rings. The van der Waals surface area contributed by atoms with Crippen LogP contribution in [0.4, 0.5) is 0 Å². The molecule has 0 amide bonds. The Kier molecular flexibility index (Phi) is 2.33. The topological polar surface area (TPSA) is 12.0 Å². The fourth-order valence-electron chi connectivity index (χ4n) is 3.42. The van der Waals surface area contributed by atoms with E-state index < -0.39 is 0 Å². The SMILES string of the molecule is C1=c2cc3cc4cc5ccccc5cc4cc3cc2=CNC1. The summed E-state index contributed by atoms with van der Waals surface area (Å²) in [5, 5.41) is 13.7.